The molecule has 1 aliphatic carbocycles. The van der Waals surface area contributed by atoms with E-state index in [-0.39, 0.29) is 23.7 Å². The zero-order valence-corrected chi connectivity index (χ0v) is 12.2. The molecule has 1 aromatic carbocycles. The molecule has 19 heavy (non-hydrogen) atoms. The van der Waals surface area contributed by atoms with Gasteiger partial charge in [-0.25, -0.2) is 17.2 Å². The van der Waals surface area contributed by atoms with Crippen LogP contribution < -0.4 is 0 Å². The first kappa shape index (κ1) is 14.8. The summed E-state index contributed by atoms with van der Waals surface area (Å²) in [6, 6.07) is 1.22. The molecule has 0 bridgehead atoms. The van der Waals surface area contributed by atoms with Crippen molar-refractivity contribution in [3.8, 4) is 0 Å². The van der Waals surface area contributed by atoms with Crippen molar-refractivity contribution in [1.29, 1.82) is 0 Å². The molecule has 1 aliphatic rings. The number of rotatable bonds is 5. The number of nitrogens with zero attached hydrogens (tertiary/aromatic N) is 1. The molecule has 4 nitrogen and oxygen atoms in total. The quantitative estimate of drug-likeness (QED) is 0.877. The molecule has 0 radical (unpaired) electrons. The van der Waals surface area contributed by atoms with Crippen LogP contribution in [0.3, 0.4) is 0 Å². The first-order valence-corrected chi connectivity index (χ1v) is 7.88. The van der Waals surface area contributed by atoms with Gasteiger partial charge in [0.1, 0.15) is 16.5 Å². The van der Waals surface area contributed by atoms with E-state index in [1.807, 2.05) is 0 Å². The van der Waals surface area contributed by atoms with Crippen molar-refractivity contribution in [2.75, 3.05) is 13.2 Å². The van der Waals surface area contributed by atoms with Gasteiger partial charge in [0.25, 0.3) is 0 Å². The molecule has 0 atom stereocenters. The van der Waals surface area contributed by atoms with Gasteiger partial charge in [-0.3, -0.25) is 0 Å². The lowest BCUT2D eigenvalue weighted by Gasteiger charge is -2.21. The molecule has 2 rings (SSSR count). The lowest BCUT2D eigenvalue weighted by molar-refractivity contribution is 0.250. The van der Waals surface area contributed by atoms with E-state index in [0.717, 1.165) is 10.4 Å². The Balaban J connectivity index is 2.49. The van der Waals surface area contributed by atoms with Crippen LogP contribution in [0.5, 0.6) is 0 Å². The summed E-state index contributed by atoms with van der Waals surface area (Å²) in [4.78, 5) is -0.589. The van der Waals surface area contributed by atoms with Gasteiger partial charge in [-0.2, -0.15) is 4.31 Å². The molecule has 8 heteroatoms. The Bertz CT molecular complexity index is 567. The Hall–Kier alpha value is -0.570. The first-order valence-electron chi connectivity index (χ1n) is 5.65. The minimum atomic E-state index is -4.09. The Morgan fingerprint density at radius 3 is 2.47 bits per heavy atom. The molecule has 1 aromatic rings. The van der Waals surface area contributed by atoms with E-state index in [1.54, 1.807) is 0 Å². The third-order valence-corrected chi connectivity index (χ3v) is 5.72. The molecular weight excluding hydrogens is 344 g/mol. The van der Waals surface area contributed by atoms with Crippen LogP contribution in [0.2, 0.25) is 0 Å². The summed E-state index contributed by atoms with van der Waals surface area (Å²) >= 11 is 2.87. The highest BCUT2D eigenvalue weighted by molar-refractivity contribution is 9.10. The van der Waals surface area contributed by atoms with Gasteiger partial charge >= 0.3 is 0 Å². The van der Waals surface area contributed by atoms with E-state index in [1.165, 1.54) is 0 Å². The van der Waals surface area contributed by atoms with Crippen molar-refractivity contribution >= 4 is 26.0 Å². The lowest BCUT2D eigenvalue weighted by atomic mass is 10.3. The Labute approximate surface area is 118 Å². The Morgan fingerprint density at radius 2 is 2.00 bits per heavy atom. The fraction of sp³-hybridized carbons (Fsp3) is 0.455. The average Bonchev–Trinajstić information content (AvgIpc) is 3.07. The van der Waals surface area contributed by atoms with Crippen LogP contribution in [0.25, 0.3) is 0 Å². The normalized spacial score (nSPS) is 16.1. The summed E-state index contributed by atoms with van der Waals surface area (Å²) in [5.41, 5.74) is 0. The summed E-state index contributed by atoms with van der Waals surface area (Å²) in [5.74, 6) is -2.00. The second kappa shape index (κ2) is 5.43. The number of aliphatic hydroxyl groups excluding tert-OH is 1. The fourth-order valence-corrected chi connectivity index (χ4v) is 4.65. The third-order valence-electron chi connectivity index (χ3n) is 2.80. The minimum Gasteiger partial charge on any atom is -0.395 e. The standard InChI is InChI=1S/C11H12BrF2NO3S/c12-9-5-7(13)6-10(14)11(9)19(17,18)15(3-4-16)8-1-2-8/h5-6,8,16H,1-4H2. The van der Waals surface area contributed by atoms with Crippen molar-refractivity contribution in [3.05, 3.63) is 28.2 Å². The number of aliphatic hydroxyl groups is 1. The molecule has 0 amide bonds. The predicted molar refractivity (Wildman–Crippen MR) is 68.1 cm³/mol. The Kier molecular flexibility index (Phi) is 4.24. The molecular formula is C11H12BrF2NO3S. The van der Waals surface area contributed by atoms with Crippen molar-refractivity contribution in [3.63, 3.8) is 0 Å². The van der Waals surface area contributed by atoms with Gasteiger partial charge in [-0.05, 0) is 34.8 Å². The molecule has 0 unspecified atom stereocenters. The van der Waals surface area contributed by atoms with Crippen LogP contribution in [0, 0.1) is 11.6 Å². The second-order valence-corrected chi connectivity index (χ2v) is 6.95. The summed E-state index contributed by atoms with van der Waals surface area (Å²) in [6.45, 7) is -0.452. The highest BCUT2D eigenvalue weighted by Gasteiger charge is 2.39. The van der Waals surface area contributed by atoms with Gasteiger partial charge in [0, 0.05) is 23.1 Å². The maximum Gasteiger partial charge on any atom is 0.247 e. The smallest absolute Gasteiger partial charge is 0.247 e. The molecule has 1 N–H and O–H groups in total. The van der Waals surface area contributed by atoms with E-state index < -0.39 is 26.6 Å². The van der Waals surface area contributed by atoms with Gasteiger partial charge < -0.3 is 5.11 Å². The highest BCUT2D eigenvalue weighted by atomic mass is 79.9. The van der Waals surface area contributed by atoms with Crippen LogP contribution in [-0.2, 0) is 10.0 Å². The predicted octanol–water partition coefficient (Wildman–Crippen LogP) is 1.87. The topological polar surface area (TPSA) is 57.6 Å². The maximum absolute atomic E-state index is 13.8. The van der Waals surface area contributed by atoms with Gasteiger partial charge in [0.15, 0.2) is 0 Å². The maximum atomic E-state index is 13.8. The van der Waals surface area contributed by atoms with Crippen molar-refractivity contribution in [2.24, 2.45) is 0 Å². The van der Waals surface area contributed by atoms with Gasteiger partial charge in [-0.15, -0.1) is 0 Å². The largest absolute Gasteiger partial charge is 0.395 e. The van der Waals surface area contributed by atoms with Gasteiger partial charge in [-0.1, -0.05) is 0 Å². The number of sulfonamides is 1. The average molecular weight is 356 g/mol. The molecule has 106 valence electrons. The van der Waals surface area contributed by atoms with Crippen molar-refractivity contribution in [1.82, 2.24) is 4.31 Å². The fourth-order valence-electron chi connectivity index (χ4n) is 1.85. The summed E-state index contributed by atoms with van der Waals surface area (Å²) < 4.78 is 52.4. The van der Waals surface area contributed by atoms with Crippen molar-refractivity contribution < 1.29 is 22.3 Å². The monoisotopic (exact) mass is 355 g/mol. The van der Waals surface area contributed by atoms with Crippen molar-refractivity contribution in [2.45, 2.75) is 23.8 Å². The minimum absolute atomic E-state index is 0.101. The number of halogens is 3. The van der Waals surface area contributed by atoms with Crippen LogP contribution in [0.15, 0.2) is 21.5 Å². The molecule has 0 spiro atoms. The van der Waals surface area contributed by atoms with Crippen LogP contribution >= 0.6 is 15.9 Å². The van der Waals surface area contributed by atoms with E-state index in [2.05, 4.69) is 15.9 Å². The highest BCUT2D eigenvalue weighted by Crippen LogP contribution is 2.35. The van der Waals surface area contributed by atoms with Gasteiger partial charge in [0.2, 0.25) is 10.0 Å². The molecule has 0 aromatic heterocycles. The van der Waals surface area contributed by atoms with Gasteiger partial charge in [0.05, 0.1) is 6.61 Å². The van der Waals surface area contributed by atoms with E-state index in [9.17, 15) is 17.2 Å². The van der Waals surface area contributed by atoms with E-state index in [0.29, 0.717) is 18.9 Å². The molecule has 1 saturated carbocycles. The Morgan fingerprint density at radius 1 is 1.37 bits per heavy atom. The summed E-state index contributed by atoms with van der Waals surface area (Å²) in [5, 5.41) is 8.93. The molecule has 0 aliphatic heterocycles. The zero-order valence-electron chi connectivity index (χ0n) is 9.81. The van der Waals surface area contributed by atoms with E-state index in [4.69, 9.17) is 5.11 Å². The van der Waals surface area contributed by atoms with E-state index >= 15 is 0 Å². The summed E-state index contributed by atoms with van der Waals surface area (Å²) in [6.07, 6.45) is 1.36. The lowest BCUT2D eigenvalue weighted by Crippen LogP contribution is -2.36. The SMILES string of the molecule is O=S(=O)(c1c(F)cc(F)cc1Br)N(CCO)C1CC1. The van der Waals surface area contributed by atoms with Crippen LogP contribution in [0.4, 0.5) is 8.78 Å². The molecule has 0 heterocycles. The van der Waals surface area contributed by atoms with Crippen LogP contribution in [-0.4, -0.2) is 37.0 Å². The first-order chi connectivity index (χ1) is 8.87. The zero-order chi connectivity index (χ0) is 14.2. The molecule has 1 fully saturated rings. The number of hydrogen-bond donors (Lipinski definition) is 1. The van der Waals surface area contributed by atoms with Crippen LogP contribution in [0.1, 0.15) is 12.8 Å². The number of benzene rings is 1. The second-order valence-electron chi connectivity index (χ2n) is 4.27. The third kappa shape index (κ3) is 2.96. The molecule has 0 saturated heterocycles. The number of hydrogen-bond acceptors (Lipinski definition) is 3. The summed E-state index contributed by atoms with van der Waals surface area (Å²) in [7, 11) is -4.09.